The second-order valence-corrected chi connectivity index (χ2v) is 5.49. The van der Waals surface area contributed by atoms with E-state index in [0.29, 0.717) is 12.1 Å². The summed E-state index contributed by atoms with van der Waals surface area (Å²) in [6.45, 7) is 3.90. The van der Waals surface area contributed by atoms with Gasteiger partial charge in [-0.1, -0.05) is 15.9 Å². The van der Waals surface area contributed by atoms with Crippen molar-refractivity contribution in [2.75, 3.05) is 5.32 Å². The van der Waals surface area contributed by atoms with Gasteiger partial charge in [0.1, 0.15) is 0 Å². The molecule has 4 nitrogen and oxygen atoms in total. The molecule has 1 amide bonds. The molecular formula is C13H14BrNO3. The average Bonchev–Trinajstić information content (AvgIpc) is 3.05. The highest BCUT2D eigenvalue weighted by Crippen LogP contribution is 2.39. The molecular weight excluding hydrogens is 298 g/mol. The predicted octanol–water partition coefficient (Wildman–Crippen LogP) is 2.73. The minimum atomic E-state index is -0.890. The van der Waals surface area contributed by atoms with E-state index < -0.39 is 11.9 Å². The Hall–Kier alpha value is -1.36. The van der Waals surface area contributed by atoms with Gasteiger partial charge in [0, 0.05) is 10.2 Å². The van der Waals surface area contributed by atoms with Crippen molar-refractivity contribution in [1.82, 2.24) is 0 Å². The maximum Gasteiger partial charge on any atom is 0.307 e. The van der Waals surface area contributed by atoms with Gasteiger partial charge in [-0.05, 0) is 43.5 Å². The number of carbonyl (C=O) groups is 2. The second-order valence-electron chi connectivity index (χ2n) is 4.70. The molecule has 1 fully saturated rings. The van der Waals surface area contributed by atoms with Gasteiger partial charge in [0.05, 0.1) is 11.8 Å². The molecule has 5 heteroatoms. The molecule has 1 aromatic rings. The predicted molar refractivity (Wildman–Crippen MR) is 71.5 cm³/mol. The van der Waals surface area contributed by atoms with Gasteiger partial charge in [-0.2, -0.15) is 0 Å². The van der Waals surface area contributed by atoms with Gasteiger partial charge in [-0.15, -0.1) is 0 Å². The van der Waals surface area contributed by atoms with Crippen LogP contribution in [0.4, 0.5) is 5.69 Å². The third kappa shape index (κ3) is 2.56. The molecule has 2 atom stereocenters. The van der Waals surface area contributed by atoms with Crippen LogP contribution in [0.5, 0.6) is 0 Å². The molecule has 1 aliphatic carbocycles. The maximum absolute atomic E-state index is 11.8. The summed E-state index contributed by atoms with van der Waals surface area (Å²) >= 11 is 3.46. The minimum absolute atomic E-state index is 0.205. The zero-order valence-corrected chi connectivity index (χ0v) is 11.7. The first kappa shape index (κ1) is 13.1. The van der Waals surface area contributed by atoms with Gasteiger partial charge < -0.3 is 10.4 Å². The van der Waals surface area contributed by atoms with E-state index >= 15 is 0 Å². The lowest BCUT2D eigenvalue weighted by Gasteiger charge is -2.09. The van der Waals surface area contributed by atoms with E-state index in [4.69, 9.17) is 5.11 Å². The zero-order chi connectivity index (χ0) is 13.4. The molecule has 2 rings (SSSR count). The van der Waals surface area contributed by atoms with Crippen LogP contribution in [0, 0.1) is 25.7 Å². The van der Waals surface area contributed by atoms with Crippen molar-refractivity contribution in [1.29, 1.82) is 0 Å². The fraction of sp³-hybridized carbons (Fsp3) is 0.385. The van der Waals surface area contributed by atoms with E-state index in [1.54, 1.807) is 0 Å². The van der Waals surface area contributed by atoms with Crippen LogP contribution in [0.1, 0.15) is 17.5 Å². The van der Waals surface area contributed by atoms with Gasteiger partial charge >= 0.3 is 5.97 Å². The van der Waals surface area contributed by atoms with Crippen LogP contribution in [-0.4, -0.2) is 17.0 Å². The molecule has 0 spiro atoms. The van der Waals surface area contributed by atoms with Crippen molar-refractivity contribution in [3.8, 4) is 0 Å². The first-order valence-corrected chi connectivity index (χ1v) is 6.50. The first-order chi connectivity index (χ1) is 8.40. The zero-order valence-electron chi connectivity index (χ0n) is 10.2. The minimum Gasteiger partial charge on any atom is -0.481 e. The summed E-state index contributed by atoms with van der Waals surface area (Å²) in [6.07, 6.45) is 0.440. The Kier molecular flexibility index (Phi) is 3.43. The number of carboxylic acids is 1. The van der Waals surface area contributed by atoms with Crippen molar-refractivity contribution in [3.05, 3.63) is 27.7 Å². The van der Waals surface area contributed by atoms with Crippen LogP contribution in [-0.2, 0) is 9.59 Å². The van der Waals surface area contributed by atoms with Crippen LogP contribution in [0.2, 0.25) is 0 Å². The van der Waals surface area contributed by atoms with Crippen molar-refractivity contribution in [3.63, 3.8) is 0 Å². The van der Waals surface area contributed by atoms with Crippen LogP contribution >= 0.6 is 15.9 Å². The van der Waals surface area contributed by atoms with Crippen molar-refractivity contribution < 1.29 is 14.7 Å². The highest BCUT2D eigenvalue weighted by atomic mass is 79.9. The standard InChI is InChI=1S/C13H14BrNO3/c1-6-3-8(4-7(2)11(6)14)15-12(16)9-5-10(9)13(17)18/h3-4,9-10H,5H2,1-2H3,(H,15,16)(H,17,18)/t9-,10+/m1/s1. The van der Waals surface area contributed by atoms with Crippen molar-refractivity contribution in [2.24, 2.45) is 11.8 Å². The Balaban J connectivity index is 2.07. The normalized spacial score (nSPS) is 21.5. The number of rotatable bonds is 3. The van der Waals surface area contributed by atoms with Gasteiger partial charge in [0.15, 0.2) is 0 Å². The summed E-state index contributed by atoms with van der Waals surface area (Å²) in [7, 11) is 0. The molecule has 96 valence electrons. The largest absolute Gasteiger partial charge is 0.481 e. The van der Waals surface area contributed by atoms with E-state index in [9.17, 15) is 9.59 Å². The van der Waals surface area contributed by atoms with E-state index in [2.05, 4.69) is 21.2 Å². The Morgan fingerprint density at radius 2 is 1.83 bits per heavy atom. The number of carboxylic acid groups (broad SMARTS) is 1. The summed E-state index contributed by atoms with van der Waals surface area (Å²) in [5.74, 6) is -1.99. The summed E-state index contributed by atoms with van der Waals surface area (Å²) in [5, 5.41) is 11.6. The van der Waals surface area contributed by atoms with Crippen LogP contribution in [0.3, 0.4) is 0 Å². The number of halogens is 1. The summed E-state index contributed by atoms with van der Waals surface area (Å²) in [4.78, 5) is 22.5. The number of aliphatic carboxylic acids is 1. The number of hydrogen-bond donors (Lipinski definition) is 2. The lowest BCUT2D eigenvalue weighted by Crippen LogP contribution is -2.17. The van der Waals surface area contributed by atoms with E-state index in [1.165, 1.54) is 0 Å². The van der Waals surface area contributed by atoms with E-state index in [-0.39, 0.29) is 11.8 Å². The Morgan fingerprint density at radius 3 is 2.28 bits per heavy atom. The fourth-order valence-corrected chi connectivity index (χ4v) is 2.24. The number of nitrogens with one attached hydrogen (secondary N) is 1. The number of aryl methyl sites for hydroxylation is 2. The Labute approximate surface area is 114 Å². The topological polar surface area (TPSA) is 66.4 Å². The lowest BCUT2D eigenvalue weighted by molar-refractivity contribution is -0.139. The van der Waals surface area contributed by atoms with Crippen molar-refractivity contribution >= 4 is 33.5 Å². The number of carbonyl (C=O) groups excluding carboxylic acids is 1. The van der Waals surface area contributed by atoms with E-state index in [0.717, 1.165) is 15.6 Å². The highest BCUT2D eigenvalue weighted by molar-refractivity contribution is 9.10. The monoisotopic (exact) mass is 311 g/mol. The van der Waals surface area contributed by atoms with Gasteiger partial charge in [0.2, 0.25) is 5.91 Å². The molecule has 0 bridgehead atoms. The van der Waals surface area contributed by atoms with Crippen LogP contribution < -0.4 is 5.32 Å². The number of benzene rings is 1. The fourth-order valence-electron chi connectivity index (χ4n) is 2.01. The second kappa shape index (κ2) is 4.72. The number of hydrogen-bond acceptors (Lipinski definition) is 2. The van der Waals surface area contributed by atoms with Gasteiger partial charge in [0.25, 0.3) is 0 Å². The lowest BCUT2D eigenvalue weighted by atomic mass is 10.1. The molecule has 0 radical (unpaired) electrons. The SMILES string of the molecule is Cc1cc(NC(=O)[C@@H]2C[C@@H]2C(=O)O)cc(C)c1Br. The van der Waals surface area contributed by atoms with Gasteiger partial charge in [-0.25, -0.2) is 0 Å². The molecule has 1 aromatic carbocycles. The highest BCUT2D eigenvalue weighted by Gasteiger charge is 2.48. The third-order valence-electron chi connectivity index (χ3n) is 3.15. The van der Waals surface area contributed by atoms with Crippen LogP contribution in [0.25, 0.3) is 0 Å². The molecule has 0 aliphatic heterocycles. The molecule has 0 aromatic heterocycles. The average molecular weight is 312 g/mol. The Bertz CT molecular complexity index is 504. The summed E-state index contributed by atoms with van der Waals surface area (Å²) in [5.41, 5.74) is 2.79. The third-order valence-corrected chi connectivity index (χ3v) is 4.40. The molecule has 18 heavy (non-hydrogen) atoms. The molecule has 0 heterocycles. The molecule has 0 saturated heterocycles. The first-order valence-electron chi connectivity index (χ1n) is 5.70. The quantitative estimate of drug-likeness (QED) is 0.902. The van der Waals surface area contributed by atoms with E-state index in [1.807, 2.05) is 26.0 Å². The van der Waals surface area contributed by atoms with Crippen LogP contribution in [0.15, 0.2) is 16.6 Å². The maximum atomic E-state index is 11.8. The Morgan fingerprint density at radius 1 is 1.28 bits per heavy atom. The summed E-state index contributed by atoms with van der Waals surface area (Å²) in [6, 6.07) is 3.74. The summed E-state index contributed by atoms with van der Waals surface area (Å²) < 4.78 is 1.02. The van der Waals surface area contributed by atoms with Crippen molar-refractivity contribution in [2.45, 2.75) is 20.3 Å². The van der Waals surface area contributed by atoms with Gasteiger partial charge in [-0.3, -0.25) is 9.59 Å². The molecule has 1 saturated carbocycles. The number of anilines is 1. The smallest absolute Gasteiger partial charge is 0.307 e. The number of amides is 1. The molecule has 1 aliphatic rings. The molecule has 2 N–H and O–H groups in total. The molecule has 0 unspecified atom stereocenters.